The van der Waals surface area contributed by atoms with Crippen LogP contribution in [0.15, 0.2) is 182 Å². The van der Waals surface area contributed by atoms with Gasteiger partial charge in [0, 0.05) is 0 Å². The first-order chi connectivity index (χ1) is 32.1. The van der Waals surface area contributed by atoms with Crippen LogP contribution in [0.4, 0.5) is 0 Å². The van der Waals surface area contributed by atoms with Crippen molar-refractivity contribution in [3.05, 3.63) is 215 Å². The molecule has 340 valence electrons. The van der Waals surface area contributed by atoms with E-state index in [0.717, 1.165) is 33.4 Å². The maximum atomic E-state index is 11.0. The van der Waals surface area contributed by atoms with Gasteiger partial charge in [0.1, 0.15) is 48.8 Å². The van der Waals surface area contributed by atoms with Crippen LogP contribution in [0.3, 0.4) is 0 Å². The van der Waals surface area contributed by atoms with Gasteiger partial charge in [-0.3, -0.25) is 0 Å². The summed E-state index contributed by atoms with van der Waals surface area (Å²) in [6.07, 6.45) is -9.27. The number of ether oxygens (including phenoxy) is 9. The standard InChI is InChI=1S/C54H58O11/c55-31-45-47(57-33-39-19-7-1-8-20-39)49(59-35-41-23-11-3-12-24-41)51(61-37-43-27-15-5-16-28-43)53(63-45)65-54-52(62-38-44-29-17-6-18-30-44)50(60-36-42-25-13-4-14-26-42)48(46(32-56)64-54)58-34-40-21-9-2-10-22-40/h1-30,45-56H,31-38H2/t45-,46+,47-,48-,49+,50+,51-,52-,53-,54-/m1/s1. The predicted octanol–water partition coefficient (Wildman–Crippen LogP) is 7.95. The summed E-state index contributed by atoms with van der Waals surface area (Å²) in [6.45, 7) is 0.461. The Labute approximate surface area is 381 Å². The average Bonchev–Trinajstić information content (AvgIpc) is 3.37. The first-order valence-electron chi connectivity index (χ1n) is 22.3. The van der Waals surface area contributed by atoms with Crippen molar-refractivity contribution >= 4 is 0 Å². The lowest BCUT2D eigenvalue weighted by molar-refractivity contribution is -0.393. The summed E-state index contributed by atoms with van der Waals surface area (Å²) in [6, 6.07) is 58.9. The number of rotatable bonds is 22. The molecule has 0 unspecified atom stereocenters. The summed E-state index contributed by atoms with van der Waals surface area (Å²) < 4.78 is 61.0. The van der Waals surface area contributed by atoms with Gasteiger partial charge in [0.15, 0.2) is 12.6 Å². The molecule has 2 aliphatic rings. The summed E-state index contributed by atoms with van der Waals surface area (Å²) in [4.78, 5) is 0. The molecular formula is C54H58O11. The summed E-state index contributed by atoms with van der Waals surface area (Å²) in [7, 11) is 0. The molecule has 8 rings (SSSR count). The van der Waals surface area contributed by atoms with E-state index in [1.807, 2.05) is 182 Å². The summed E-state index contributed by atoms with van der Waals surface area (Å²) in [5.41, 5.74) is 5.62. The number of aliphatic hydroxyl groups is 2. The quantitative estimate of drug-likeness (QED) is 0.0691. The van der Waals surface area contributed by atoms with Gasteiger partial charge >= 0.3 is 0 Å². The van der Waals surface area contributed by atoms with Crippen LogP contribution >= 0.6 is 0 Å². The smallest absolute Gasteiger partial charge is 0.190 e. The maximum Gasteiger partial charge on any atom is 0.190 e. The number of benzene rings is 6. The SMILES string of the molecule is OC[C@@H]1O[C@H](O[C@H]2O[C@H](CO)[C@@H](OCc3ccccc3)[C@H](OCc3ccccc3)[C@H]2OCc2ccccc2)[C@H](OCc2ccccc2)[C@@H](OCc2ccccc2)[C@@H]1OCc1ccccc1. The Balaban J connectivity index is 1.15. The summed E-state index contributed by atoms with van der Waals surface area (Å²) >= 11 is 0. The van der Waals surface area contributed by atoms with Crippen molar-refractivity contribution in [2.24, 2.45) is 0 Å². The van der Waals surface area contributed by atoms with Gasteiger partial charge < -0.3 is 52.8 Å². The lowest BCUT2D eigenvalue weighted by Crippen LogP contribution is -2.65. The van der Waals surface area contributed by atoms with Crippen molar-refractivity contribution in [3.8, 4) is 0 Å². The average molecular weight is 883 g/mol. The van der Waals surface area contributed by atoms with Crippen LogP contribution in [0.5, 0.6) is 0 Å². The molecule has 6 aromatic carbocycles. The minimum absolute atomic E-state index is 0.187. The Kier molecular flexibility index (Phi) is 17.4. The minimum Gasteiger partial charge on any atom is -0.394 e. The van der Waals surface area contributed by atoms with Crippen molar-refractivity contribution in [3.63, 3.8) is 0 Å². The fraction of sp³-hybridized carbons (Fsp3) is 0.333. The molecule has 2 saturated heterocycles. The molecule has 2 fully saturated rings. The third kappa shape index (κ3) is 13.0. The molecule has 0 saturated carbocycles. The highest BCUT2D eigenvalue weighted by Crippen LogP contribution is 2.36. The van der Waals surface area contributed by atoms with Crippen LogP contribution in [0.1, 0.15) is 33.4 Å². The van der Waals surface area contributed by atoms with E-state index in [2.05, 4.69) is 0 Å². The maximum absolute atomic E-state index is 11.0. The topological polar surface area (TPSA) is 124 Å². The highest BCUT2D eigenvalue weighted by molar-refractivity contribution is 5.18. The summed E-state index contributed by atoms with van der Waals surface area (Å²) in [5.74, 6) is 0. The molecule has 2 heterocycles. The molecule has 2 aliphatic heterocycles. The van der Waals surface area contributed by atoms with Gasteiger partial charge in [-0.05, 0) is 33.4 Å². The first kappa shape index (κ1) is 46.4. The Morgan fingerprint density at radius 2 is 0.508 bits per heavy atom. The zero-order valence-corrected chi connectivity index (χ0v) is 36.3. The molecule has 0 aromatic heterocycles. The Hall–Kier alpha value is -5.12. The molecule has 0 radical (unpaired) electrons. The molecule has 10 atom stereocenters. The number of hydrogen-bond donors (Lipinski definition) is 2. The van der Waals surface area contributed by atoms with E-state index in [9.17, 15) is 10.2 Å². The van der Waals surface area contributed by atoms with Crippen LogP contribution < -0.4 is 0 Å². The molecule has 0 amide bonds. The van der Waals surface area contributed by atoms with Crippen LogP contribution in [-0.2, 0) is 82.3 Å². The Morgan fingerprint density at radius 3 is 0.738 bits per heavy atom. The van der Waals surface area contributed by atoms with Gasteiger partial charge in [-0.25, -0.2) is 0 Å². The second-order valence-electron chi connectivity index (χ2n) is 16.2. The zero-order chi connectivity index (χ0) is 44.5. The Morgan fingerprint density at radius 1 is 0.292 bits per heavy atom. The predicted molar refractivity (Wildman–Crippen MR) is 243 cm³/mol. The second kappa shape index (κ2) is 24.4. The van der Waals surface area contributed by atoms with Crippen molar-refractivity contribution in [1.29, 1.82) is 0 Å². The largest absolute Gasteiger partial charge is 0.394 e. The lowest BCUT2D eigenvalue weighted by atomic mass is 9.96. The van der Waals surface area contributed by atoms with E-state index in [4.69, 9.17) is 42.6 Å². The van der Waals surface area contributed by atoms with E-state index >= 15 is 0 Å². The van der Waals surface area contributed by atoms with Crippen molar-refractivity contribution in [1.82, 2.24) is 0 Å². The summed E-state index contributed by atoms with van der Waals surface area (Å²) in [5, 5.41) is 22.1. The van der Waals surface area contributed by atoms with Gasteiger partial charge in [0.25, 0.3) is 0 Å². The monoisotopic (exact) mass is 882 g/mol. The lowest BCUT2D eigenvalue weighted by Gasteiger charge is -2.49. The van der Waals surface area contributed by atoms with Crippen molar-refractivity contribution in [2.75, 3.05) is 13.2 Å². The third-order valence-corrected chi connectivity index (χ3v) is 11.5. The van der Waals surface area contributed by atoms with E-state index < -0.39 is 74.6 Å². The second-order valence-corrected chi connectivity index (χ2v) is 16.2. The van der Waals surface area contributed by atoms with E-state index in [0.29, 0.717) is 0 Å². The highest BCUT2D eigenvalue weighted by atomic mass is 16.8. The van der Waals surface area contributed by atoms with Crippen molar-refractivity contribution in [2.45, 2.75) is 101 Å². The van der Waals surface area contributed by atoms with E-state index in [-0.39, 0.29) is 39.6 Å². The molecule has 2 N–H and O–H groups in total. The van der Waals surface area contributed by atoms with Crippen LogP contribution in [0.25, 0.3) is 0 Å². The molecule has 65 heavy (non-hydrogen) atoms. The molecule has 11 nitrogen and oxygen atoms in total. The number of hydrogen-bond acceptors (Lipinski definition) is 11. The molecule has 11 heteroatoms. The number of aliphatic hydroxyl groups excluding tert-OH is 2. The van der Waals surface area contributed by atoms with Gasteiger partial charge in [-0.2, -0.15) is 0 Å². The molecule has 0 bridgehead atoms. The first-order valence-corrected chi connectivity index (χ1v) is 22.3. The van der Waals surface area contributed by atoms with Crippen LogP contribution in [-0.4, -0.2) is 84.8 Å². The molecule has 6 aromatic rings. The fourth-order valence-electron chi connectivity index (χ4n) is 8.14. The minimum atomic E-state index is -1.20. The van der Waals surface area contributed by atoms with Crippen LogP contribution in [0.2, 0.25) is 0 Å². The van der Waals surface area contributed by atoms with Crippen LogP contribution in [0, 0.1) is 0 Å². The normalized spacial score (nSPS) is 25.6. The third-order valence-electron chi connectivity index (χ3n) is 11.5. The fourth-order valence-corrected chi connectivity index (χ4v) is 8.14. The molecule has 0 aliphatic carbocycles. The van der Waals surface area contributed by atoms with E-state index in [1.165, 1.54) is 0 Å². The molecule has 0 spiro atoms. The van der Waals surface area contributed by atoms with E-state index in [1.54, 1.807) is 0 Å². The van der Waals surface area contributed by atoms with Gasteiger partial charge in [-0.1, -0.05) is 182 Å². The Bertz CT molecular complexity index is 2050. The van der Waals surface area contributed by atoms with Crippen molar-refractivity contribution < 1.29 is 52.8 Å². The van der Waals surface area contributed by atoms with Gasteiger partial charge in [0.2, 0.25) is 0 Å². The van der Waals surface area contributed by atoms with Gasteiger partial charge in [-0.15, -0.1) is 0 Å². The zero-order valence-electron chi connectivity index (χ0n) is 36.3. The molecular weight excluding hydrogens is 825 g/mol. The van der Waals surface area contributed by atoms with Gasteiger partial charge in [0.05, 0.1) is 52.9 Å². The highest BCUT2D eigenvalue weighted by Gasteiger charge is 2.54.